The number of halogens is 4. The van der Waals surface area contributed by atoms with Gasteiger partial charge in [0.1, 0.15) is 22.3 Å². The van der Waals surface area contributed by atoms with E-state index >= 15 is 0 Å². The van der Waals surface area contributed by atoms with Gasteiger partial charge in [-0.1, -0.05) is 48.9 Å². The Balaban J connectivity index is 2.55. The number of nitrogens with zero attached hydrogens (tertiary/aromatic N) is 2. The Hall–Kier alpha value is -2.37. The summed E-state index contributed by atoms with van der Waals surface area (Å²) in [4.78, 5) is 9.12. The third kappa shape index (κ3) is 4.72. The first-order valence-electron chi connectivity index (χ1n) is 7.72. The predicted octanol–water partition coefficient (Wildman–Crippen LogP) is 4.36. The van der Waals surface area contributed by atoms with E-state index in [2.05, 4.69) is 0 Å². The summed E-state index contributed by atoms with van der Waals surface area (Å²) in [6, 6.07) is 9.82. The van der Waals surface area contributed by atoms with Crippen LogP contribution in [0.25, 0.3) is 0 Å². The molecule has 152 valence electrons. The highest BCUT2D eigenvalue weighted by Crippen LogP contribution is 2.39. The molecule has 28 heavy (non-hydrogen) atoms. The van der Waals surface area contributed by atoms with Gasteiger partial charge in [0, 0.05) is 12.6 Å². The molecular formula is C16H14ClF3N2O5S. The molecule has 12 heteroatoms. The summed E-state index contributed by atoms with van der Waals surface area (Å²) in [5.74, 6) is -0.420. The lowest BCUT2D eigenvalue weighted by atomic mass is 10.2. The lowest BCUT2D eigenvalue weighted by Crippen LogP contribution is -2.42. The molecule has 0 aliphatic carbocycles. The van der Waals surface area contributed by atoms with Crippen LogP contribution >= 0.6 is 11.6 Å². The normalized spacial score (nSPS) is 12.2. The largest absolute Gasteiger partial charge is 0.487 e. The molecule has 0 N–H and O–H groups in total. The zero-order valence-corrected chi connectivity index (χ0v) is 15.9. The molecule has 2 rings (SSSR count). The van der Waals surface area contributed by atoms with E-state index in [-0.39, 0.29) is 6.61 Å². The number of benzene rings is 2. The number of non-ortho nitro benzene ring substituents is 1. The third-order valence-electron chi connectivity index (χ3n) is 3.58. The van der Waals surface area contributed by atoms with Crippen molar-refractivity contribution in [2.45, 2.75) is 24.7 Å². The van der Waals surface area contributed by atoms with Crippen molar-refractivity contribution in [3.63, 3.8) is 0 Å². The van der Waals surface area contributed by atoms with Gasteiger partial charge in [-0.2, -0.15) is 13.2 Å². The lowest BCUT2D eigenvalue weighted by Gasteiger charge is -2.23. The average molecular weight is 439 g/mol. The van der Waals surface area contributed by atoms with Gasteiger partial charge in [-0.3, -0.25) is 10.1 Å². The van der Waals surface area contributed by atoms with E-state index in [1.807, 2.05) is 0 Å². The van der Waals surface area contributed by atoms with Crippen LogP contribution in [0.1, 0.15) is 12.5 Å². The van der Waals surface area contributed by atoms with Gasteiger partial charge < -0.3 is 4.74 Å². The molecule has 2 aromatic rings. The summed E-state index contributed by atoms with van der Waals surface area (Å²) in [7, 11) is -5.21. The summed E-state index contributed by atoms with van der Waals surface area (Å²) in [6.45, 7) is -0.0911. The van der Waals surface area contributed by atoms with Gasteiger partial charge in [0.2, 0.25) is 0 Å². The molecule has 0 bridgehead atoms. The molecule has 0 saturated heterocycles. The van der Waals surface area contributed by atoms with Gasteiger partial charge in [0.15, 0.2) is 0 Å². The van der Waals surface area contributed by atoms with E-state index in [0.29, 0.717) is 11.6 Å². The molecule has 0 aliphatic heterocycles. The Morgan fingerprint density at radius 2 is 1.82 bits per heavy atom. The van der Waals surface area contributed by atoms with Crippen molar-refractivity contribution in [2.24, 2.45) is 0 Å². The van der Waals surface area contributed by atoms with Crippen LogP contribution in [0.4, 0.5) is 18.9 Å². The first-order valence-corrected chi connectivity index (χ1v) is 9.54. The van der Waals surface area contributed by atoms with Gasteiger partial charge in [-0.05, 0) is 5.56 Å². The van der Waals surface area contributed by atoms with Crippen molar-refractivity contribution in [2.75, 3.05) is 6.54 Å². The minimum Gasteiger partial charge on any atom is -0.487 e. The van der Waals surface area contributed by atoms with Crippen LogP contribution in [0, 0.1) is 10.1 Å². The summed E-state index contributed by atoms with van der Waals surface area (Å²) < 4.78 is 68.8. The highest BCUT2D eigenvalue weighted by atomic mass is 35.5. The molecular weight excluding hydrogens is 425 g/mol. The quantitative estimate of drug-likeness (QED) is 0.364. The Morgan fingerprint density at radius 3 is 2.32 bits per heavy atom. The number of alkyl halides is 3. The van der Waals surface area contributed by atoms with Crippen molar-refractivity contribution in [3.05, 3.63) is 63.2 Å². The van der Waals surface area contributed by atoms with Crippen LogP contribution in [-0.4, -0.2) is 30.5 Å². The van der Waals surface area contributed by atoms with E-state index in [4.69, 9.17) is 16.3 Å². The second-order valence-electron chi connectivity index (χ2n) is 5.43. The fourth-order valence-corrected chi connectivity index (χ4v) is 4.20. The minimum atomic E-state index is -5.23. The fraction of sp³-hybridized carbons (Fsp3) is 0.250. The molecule has 0 spiro atoms. The average Bonchev–Trinajstić information content (AvgIpc) is 2.60. The smallest absolute Gasteiger partial charge is 0.473 e. The highest BCUT2D eigenvalue weighted by Gasteiger charge is 2.46. The van der Waals surface area contributed by atoms with Crippen LogP contribution in [0.5, 0.6) is 5.75 Å². The number of hydrogen-bond acceptors (Lipinski definition) is 5. The first kappa shape index (κ1) is 21.9. The van der Waals surface area contributed by atoms with E-state index in [1.165, 1.54) is 0 Å². The van der Waals surface area contributed by atoms with Gasteiger partial charge >= 0.3 is 6.30 Å². The second kappa shape index (κ2) is 8.33. The fourth-order valence-electron chi connectivity index (χ4n) is 2.30. The Kier molecular flexibility index (Phi) is 6.52. The van der Waals surface area contributed by atoms with Gasteiger partial charge in [0.25, 0.3) is 15.7 Å². The summed E-state index contributed by atoms with van der Waals surface area (Å²) in [5.41, 5.74) is -0.135. The van der Waals surface area contributed by atoms with Crippen molar-refractivity contribution >= 4 is 27.3 Å². The zero-order chi connectivity index (χ0) is 21.1. The molecule has 0 atom stereocenters. The molecule has 0 amide bonds. The monoisotopic (exact) mass is 438 g/mol. The van der Waals surface area contributed by atoms with E-state index in [9.17, 15) is 31.7 Å². The van der Waals surface area contributed by atoms with Gasteiger partial charge in [-0.25, -0.2) is 8.42 Å². The van der Waals surface area contributed by atoms with Gasteiger partial charge in [-0.15, -0.1) is 4.31 Å². The third-order valence-corrected chi connectivity index (χ3v) is 6.00. The number of rotatable bonds is 7. The van der Waals surface area contributed by atoms with Crippen LogP contribution in [-0.2, 0) is 16.6 Å². The van der Waals surface area contributed by atoms with E-state index in [1.54, 1.807) is 30.3 Å². The SMILES string of the molecule is CCN(C(F)(F)F)S(=O)(=O)c1cc([N+](=O)[O-])cc(OCc2ccccc2)c1Cl. The number of sulfonamides is 1. The number of hydrogen-bond donors (Lipinski definition) is 0. The van der Waals surface area contributed by atoms with E-state index < -0.39 is 53.5 Å². The zero-order valence-electron chi connectivity index (χ0n) is 14.3. The number of ether oxygens (including phenoxy) is 1. The Bertz CT molecular complexity index is 968. The minimum absolute atomic E-state index is 0.127. The Labute approximate surface area is 163 Å². The van der Waals surface area contributed by atoms with Crippen LogP contribution in [0.3, 0.4) is 0 Å². The standard InChI is InChI=1S/C16H14ClF3N2O5S/c1-2-21(16(18,19)20)28(25,26)14-9-12(22(23)24)8-13(15(14)17)27-10-11-6-4-3-5-7-11/h3-9H,2,10H2,1H3. The molecule has 0 heterocycles. The summed E-state index contributed by atoms with van der Waals surface area (Å²) in [6.07, 6.45) is -5.23. The van der Waals surface area contributed by atoms with Crippen molar-refractivity contribution in [3.8, 4) is 5.75 Å². The Morgan fingerprint density at radius 1 is 1.21 bits per heavy atom. The molecule has 0 radical (unpaired) electrons. The lowest BCUT2D eigenvalue weighted by molar-refractivity contribution is -0.385. The van der Waals surface area contributed by atoms with E-state index in [0.717, 1.165) is 13.0 Å². The molecule has 0 saturated carbocycles. The molecule has 0 aromatic heterocycles. The number of nitro benzene ring substituents is 1. The molecule has 7 nitrogen and oxygen atoms in total. The van der Waals surface area contributed by atoms with Crippen LogP contribution < -0.4 is 4.74 Å². The number of nitro groups is 1. The molecule has 0 unspecified atom stereocenters. The topological polar surface area (TPSA) is 89.8 Å². The predicted molar refractivity (Wildman–Crippen MR) is 94.5 cm³/mol. The molecule has 2 aromatic carbocycles. The van der Waals surface area contributed by atoms with Crippen LogP contribution in [0.2, 0.25) is 5.02 Å². The second-order valence-corrected chi connectivity index (χ2v) is 7.63. The summed E-state index contributed by atoms with van der Waals surface area (Å²) >= 11 is 5.97. The van der Waals surface area contributed by atoms with Crippen LogP contribution in [0.15, 0.2) is 47.4 Å². The molecule has 0 aliphatic rings. The summed E-state index contributed by atoms with van der Waals surface area (Å²) in [5, 5.41) is 10.5. The van der Waals surface area contributed by atoms with Crippen molar-refractivity contribution in [1.82, 2.24) is 4.31 Å². The maximum atomic E-state index is 13.1. The maximum absolute atomic E-state index is 13.1. The van der Waals surface area contributed by atoms with Crippen molar-refractivity contribution < 1.29 is 31.2 Å². The van der Waals surface area contributed by atoms with Crippen molar-refractivity contribution in [1.29, 1.82) is 0 Å². The highest BCUT2D eigenvalue weighted by molar-refractivity contribution is 7.89. The first-order chi connectivity index (χ1) is 13.0. The maximum Gasteiger partial charge on any atom is 0.473 e. The molecule has 0 fully saturated rings. The van der Waals surface area contributed by atoms with Gasteiger partial charge in [0.05, 0.1) is 11.0 Å².